The van der Waals surface area contributed by atoms with Crippen LogP contribution in [0, 0.1) is 58.7 Å². The molecule has 270 valence electrons. The molecule has 0 amide bonds. The third-order valence-electron chi connectivity index (χ3n) is 12.3. The molecule has 0 N–H and O–H groups in total. The Kier molecular flexibility index (Phi) is 11.2. The fourth-order valence-corrected chi connectivity index (χ4v) is 20.0. The van der Waals surface area contributed by atoms with Gasteiger partial charge in [0.2, 0.25) is 0 Å². The molecule has 0 aliphatic heterocycles. The SMILES string of the molecule is [C-]#[N+]c1cc2cc3c(C#C[Si](C(C)C)(C(C)C)C(C)C)c4cc5cc(C#N)c(C#N)cc5cc4c(C#C[Si](C(C)C)(C(C)C)C(C)C)c3cc2cc1[N+]#[C-]. The third kappa shape index (κ3) is 6.46. The highest BCUT2D eigenvalue weighted by Gasteiger charge is 2.43. The van der Waals surface area contributed by atoms with Crippen molar-refractivity contribution in [2.75, 3.05) is 0 Å². The topological polar surface area (TPSA) is 56.3 Å². The summed E-state index contributed by atoms with van der Waals surface area (Å²) in [5.41, 5.74) is 13.8. The smallest absolute Gasteiger partial charge is 0.195 e. The molecule has 0 radical (unpaired) electrons. The summed E-state index contributed by atoms with van der Waals surface area (Å²) in [4.78, 5) is 7.41. The molecule has 0 spiro atoms. The summed E-state index contributed by atoms with van der Waals surface area (Å²) >= 11 is 0. The van der Waals surface area contributed by atoms with Crippen molar-refractivity contribution in [3.8, 4) is 35.1 Å². The van der Waals surface area contributed by atoms with Crippen LogP contribution in [-0.2, 0) is 0 Å². The molecule has 5 aromatic carbocycles. The molecule has 0 saturated heterocycles. The van der Waals surface area contributed by atoms with Gasteiger partial charge in [0.15, 0.2) is 11.4 Å². The molecule has 0 fully saturated rings. The lowest BCUT2D eigenvalue weighted by atomic mass is 9.88. The van der Waals surface area contributed by atoms with Crippen molar-refractivity contribution >= 4 is 70.6 Å². The third-order valence-corrected chi connectivity index (χ3v) is 24.9. The summed E-state index contributed by atoms with van der Waals surface area (Å²) in [5.74, 6) is 7.69. The number of nitriles is 2. The number of fused-ring (bicyclic) bond motifs is 4. The van der Waals surface area contributed by atoms with Crippen LogP contribution in [0.4, 0.5) is 11.4 Å². The molecule has 6 heteroatoms. The van der Waals surface area contributed by atoms with E-state index >= 15 is 0 Å². The van der Waals surface area contributed by atoms with Crippen molar-refractivity contribution in [3.05, 3.63) is 93.6 Å². The maximum absolute atomic E-state index is 9.98. The van der Waals surface area contributed by atoms with E-state index in [0.29, 0.717) is 55.7 Å². The van der Waals surface area contributed by atoms with Gasteiger partial charge in [-0.1, -0.05) is 107 Å². The van der Waals surface area contributed by atoms with E-state index in [1.54, 1.807) is 0 Å². The summed E-state index contributed by atoms with van der Waals surface area (Å²) in [5, 5.41) is 27.3. The Bertz CT molecular complexity index is 2290. The van der Waals surface area contributed by atoms with Gasteiger partial charge in [0, 0.05) is 11.1 Å². The minimum Gasteiger partial charge on any atom is -0.250 e. The highest BCUT2D eigenvalue weighted by Crippen LogP contribution is 2.44. The van der Waals surface area contributed by atoms with Gasteiger partial charge in [-0.05, 0) is 113 Å². The lowest BCUT2D eigenvalue weighted by Crippen LogP contribution is -2.43. The maximum atomic E-state index is 9.98. The van der Waals surface area contributed by atoms with Crippen molar-refractivity contribution in [2.45, 2.75) is 116 Å². The van der Waals surface area contributed by atoms with E-state index in [-0.39, 0.29) is 0 Å². The molecule has 0 unspecified atom stereocenters. The van der Waals surface area contributed by atoms with E-state index in [4.69, 9.17) is 13.1 Å². The molecule has 5 aromatic rings. The Labute approximate surface area is 324 Å². The van der Waals surface area contributed by atoms with Crippen LogP contribution >= 0.6 is 0 Å². The fourth-order valence-electron chi connectivity index (χ4n) is 9.63. The Morgan fingerprint density at radius 1 is 0.444 bits per heavy atom. The predicted molar refractivity (Wildman–Crippen MR) is 234 cm³/mol. The molecule has 0 aliphatic rings. The van der Waals surface area contributed by atoms with E-state index in [9.17, 15) is 10.5 Å². The van der Waals surface area contributed by atoms with Gasteiger partial charge < -0.3 is 0 Å². The monoisotopic (exact) mass is 738 g/mol. The average molecular weight is 739 g/mol. The van der Waals surface area contributed by atoms with Crippen molar-refractivity contribution in [3.63, 3.8) is 0 Å². The zero-order valence-corrected chi connectivity index (χ0v) is 35.9. The Hall–Kier alpha value is -5.35. The van der Waals surface area contributed by atoms with Gasteiger partial charge in [0.25, 0.3) is 0 Å². The van der Waals surface area contributed by atoms with Gasteiger partial charge in [-0.25, -0.2) is 0 Å². The summed E-state index contributed by atoms with van der Waals surface area (Å²) in [7, 11) is -4.35. The molecule has 0 bridgehead atoms. The Morgan fingerprint density at radius 2 is 0.704 bits per heavy atom. The van der Waals surface area contributed by atoms with E-state index < -0.39 is 16.1 Å². The molecular weight excluding hydrogens is 689 g/mol. The van der Waals surface area contributed by atoms with E-state index in [2.05, 4.69) is 152 Å². The van der Waals surface area contributed by atoms with Gasteiger partial charge in [-0.3, -0.25) is 9.69 Å². The van der Waals surface area contributed by atoms with Crippen molar-refractivity contribution < 1.29 is 0 Å². The highest BCUT2D eigenvalue weighted by molar-refractivity contribution is 6.91. The van der Waals surface area contributed by atoms with Crippen LogP contribution in [-0.4, -0.2) is 16.1 Å². The van der Waals surface area contributed by atoms with Crippen molar-refractivity contribution in [1.82, 2.24) is 0 Å². The standard InChI is InChI=1S/C48H50N4Si2/c1-29(2)53(30(3)4,31(5)6)17-15-41-43-21-35-19-39(27-49)40(28-50)20-36(35)22-44(43)42(16-18-54(32(7)8,33(9)10)34(11)12)46-24-38-26-48(52-14)47(51-13)25-37(38)23-45(41)46/h19-26,29-34H,1-12H3. The number of hydrogen-bond donors (Lipinski definition) is 0. The maximum Gasteiger partial charge on any atom is 0.195 e. The van der Waals surface area contributed by atoms with Gasteiger partial charge >= 0.3 is 0 Å². The van der Waals surface area contributed by atoms with Crippen LogP contribution in [0.2, 0.25) is 33.2 Å². The van der Waals surface area contributed by atoms with Crippen molar-refractivity contribution in [2.24, 2.45) is 0 Å². The van der Waals surface area contributed by atoms with Crippen LogP contribution in [0.5, 0.6) is 0 Å². The Balaban J connectivity index is 2.14. The second-order valence-electron chi connectivity index (χ2n) is 16.7. The summed E-state index contributed by atoms with van der Waals surface area (Å²) in [6.45, 7) is 43.5. The van der Waals surface area contributed by atoms with E-state index in [0.717, 1.165) is 54.2 Å². The minimum absolute atomic E-state index is 0.334. The Morgan fingerprint density at radius 3 is 0.926 bits per heavy atom. The quantitative estimate of drug-likeness (QED) is 0.0754. The number of rotatable bonds is 6. The summed E-state index contributed by atoms with van der Waals surface area (Å²) in [6.07, 6.45) is 0. The lowest BCUT2D eigenvalue weighted by Gasteiger charge is -2.38. The summed E-state index contributed by atoms with van der Waals surface area (Å²) < 4.78 is 0. The number of hydrogen-bond acceptors (Lipinski definition) is 2. The van der Waals surface area contributed by atoms with Gasteiger partial charge in [0.05, 0.1) is 24.3 Å². The summed E-state index contributed by atoms with van der Waals surface area (Å²) in [6, 6.07) is 20.3. The molecule has 0 saturated carbocycles. The molecular formula is C48H50N4Si2. The second-order valence-corrected chi connectivity index (χ2v) is 27.9. The first-order valence-corrected chi connectivity index (χ1v) is 23.6. The number of benzene rings is 5. The molecule has 0 aliphatic carbocycles. The zero-order valence-electron chi connectivity index (χ0n) is 33.9. The van der Waals surface area contributed by atoms with Crippen LogP contribution in [0.3, 0.4) is 0 Å². The van der Waals surface area contributed by atoms with E-state index in [1.807, 2.05) is 24.3 Å². The van der Waals surface area contributed by atoms with Crippen LogP contribution in [0.25, 0.3) is 52.8 Å². The lowest BCUT2D eigenvalue weighted by molar-refractivity contribution is 0.838. The molecule has 0 heterocycles. The molecule has 0 atom stereocenters. The van der Waals surface area contributed by atoms with Gasteiger partial charge in [-0.2, -0.15) is 10.5 Å². The van der Waals surface area contributed by atoms with Gasteiger partial charge in [-0.15, -0.1) is 11.1 Å². The van der Waals surface area contributed by atoms with Gasteiger partial charge in [0.1, 0.15) is 28.3 Å². The van der Waals surface area contributed by atoms with Crippen LogP contribution in [0.1, 0.15) is 105 Å². The second kappa shape index (κ2) is 15.2. The average Bonchev–Trinajstić information content (AvgIpc) is 3.12. The van der Waals surface area contributed by atoms with Crippen molar-refractivity contribution in [1.29, 1.82) is 10.5 Å². The number of nitrogens with zero attached hydrogens (tertiary/aromatic N) is 4. The van der Waals surface area contributed by atoms with Crippen LogP contribution < -0.4 is 0 Å². The first kappa shape index (κ1) is 39.9. The first-order valence-electron chi connectivity index (χ1n) is 19.1. The van der Waals surface area contributed by atoms with E-state index in [1.165, 1.54) is 0 Å². The zero-order chi connectivity index (χ0) is 39.9. The normalized spacial score (nSPS) is 12.0. The van der Waals surface area contributed by atoms with Crippen LogP contribution in [0.15, 0.2) is 48.5 Å². The highest BCUT2D eigenvalue weighted by atomic mass is 28.3. The fraction of sp³-hybridized carbons (Fsp3) is 0.375. The predicted octanol–water partition coefficient (Wildman–Crippen LogP) is 14.3. The molecule has 5 rings (SSSR count). The first-order chi connectivity index (χ1) is 25.5. The minimum atomic E-state index is -2.17. The molecule has 0 aromatic heterocycles. The molecule has 4 nitrogen and oxygen atoms in total. The molecule has 54 heavy (non-hydrogen) atoms. The largest absolute Gasteiger partial charge is 0.250 e.